The van der Waals surface area contributed by atoms with Gasteiger partial charge in [-0.25, -0.2) is 0 Å². The van der Waals surface area contributed by atoms with E-state index in [0.29, 0.717) is 5.70 Å². The average molecular weight is 688 g/mol. The Morgan fingerprint density at radius 2 is 1.76 bits per heavy atom. The molecule has 0 spiro atoms. The molecule has 12 heteroatoms. The number of nitrogens with zero attached hydrogens (tertiary/aromatic N) is 3. The molecular weight excluding hydrogens is 660 g/mol. The van der Waals surface area contributed by atoms with Crippen LogP contribution in [0.15, 0.2) is 124 Å². The molecule has 0 aliphatic carbocycles. The number of aliphatic imine (C=N–C) groups is 1. The van der Waals surface area contributed by atoms with E-state index in [2.05, 4.69) is 32.8 Å². The quantitative estimate of drug-likeness (QED) is 0.0820. The van der Waals surface area contributed by atoms with Crippen LogP contribution in [0.5, 0.6) is 5.75 Å². The van der Waals surface area contributed by atoms with Gasteiger partial charge in [-0.3, -0.25) is 29.4 Å². The van der Waals surface area contributed by atoms with Crippen molar-refractivity contribution in [3.05, 3.63) is 146 Å². The lowest BCUT2D eigenvalue weighted by Gasteiger charge is -2.28. The molecule has 1 aliphatic rings. The van der Waals surface area contributed by atoms with Crippen molar-refractivity contribution < 1.29 is 24.4 Å². The Morgan fingerprint density at radius 3 is 2.31 bits per heavy atom. The predicted octanol–water partition coefficient (Wildman–Crippen LogP) is 6.46. The van der Waals surface area contributed by atoms with Crippen molar-refractivity contribution in [3.63, 3.8) is 0 Å². The van der Waals surface area contributed by atoms with Crippen LogP contribution in [0.3, 0.4) is 0 Å². The summed E-state index contributed by atoms with van der Waals surface area (Å²) in [7, 11) is 0. The third-order valence-corrected chi connectivity index (χ3v) is 8.03. The van der Waals surface area contributed by atoms with E-state index >= 15 is 0 Å². The monoisotopic (exact) mass is 686 g/mol. The number of rotatable bonds is 10. The van der Waals surface area contributed by atoms with Gasteiger partial charge < -0.3 is 10.4 Å². The zero-order valence-corrected chi connectivity index (χ0v) is 26.3. The maximum atomic E-state index is 13.8. The Hall–Kier alpha value is -5.07. The highest BCUT2D eigenvalue weighted by molar-refractivity contribution is 9.10. The number of benzene rings is 3. The zero-order valence-electron chi connectivity index (χ0n) is 23.9. The van der Waals surface area contributed by atoms with E-state index in [4.69, 9.17) is 0 Å². The van der Waals surface area contributed by atoms with Gasteiger partial charge in [0.2, 0.25) is 11.7 Å². The number of aromatic hydroxyl groups is 1. The Morgan fingerprint density at radius 1 is 1.13 bits per heavy atom. The van der Waals surface area contributed by atoms with Gasteiger partial charge in [0, 0.05) is 11.8 Å². The van der Waals surface area contributed by atoms with Crippen molar-refractivity contribution in [3.8, 4) is 5.75 Å². The molecule has 45 heavy (non-hydrogen) atoms. The number of nitrogens with one attached hydrogen (secondary N) is 1. The minimum absolute atomic E-state index is 0.00856. The molecule has 4 rings (SSSR count). The Balaban J connectivity index is 1.65. The molecule has 228 valence electrons. The molecule has 0 saturated carbocycles. The first-order chi connectivity index (χ1) is 21.6. The number of hydrogen-bond acceptors (Lipinski definition) is 7. The van der Waals surface area contributed by atoms with Gasteiger partial charge in [-0.15, -0.1) is 0 Å². The minimum atomic E-state index is -0.888. The summed E-state index contributed by atoms with van der Waals surface area (Å²) in [6.07, 6.45) is 7.50. The Kier molecular flexibility index (Phi) is 11.0. The van der Waals surface area contributed by atoms with Gasteiger partial charge >= 0.3 is 5.69 Å². The summed E-state index contributed by atoms with van der Waals surface area (Å²) in [4.78, 5) is 56.2. The molecule has 0 fully saturated rings. The maximum absolute atomic E-state index is 13.8. The van der Waals surface area contributed by atoms with Crippen LogP contribution >= 0.6 is 27.7 Å². The number of nitro groups is 1. The number of carbonyl (C=O) groups is 3. The van der Waals surface area contributed by atoms with Crippen LogP contribution in [-0.4, -0.2) is 43.6 Å². The number of phenolic OH excluding ortho intramolecular Hbond substituents is 1. The van der Waals surface area contributed by atoms with E-state index in [9.17, 15) is 29.6 Å². The van der Waals surface area contributed by atoms with Crippen LogP contribution in [0.1, 0.15) is 29.7 Å². The lowest BCUT2D eigenvalue weighted by atomic mass is 9.99. The number of nitro benzene ring substituents is 1. The smallest absolute Gasteiger partial charge is 0.312 e. The fourth-order valence-electron chi connectivity index (χ4n) is 4.39. The van der Waals surface area contributed by atoms with Crippen LogP contribution in [0.4, 0.5) is 5.69 Å². The molecule has 2 N–H and O–H groups in total. The standard InChI is InChI=1S/C33H27BrN4O6S/c1-3-5-16-24(4-2)37-32(42)25(17-21-18-26(34)30(40)27(19-21)38(43)44)31(41)36-33(37)45-20-28(39)35-29(22-12-8-6-9-13-22)23-14-10-7-11-15-23/h3-19,29,40H,1,20H2,2H3,(H,35,39)/b16-5-,24-4+,25-17+. The highest BCUT2D eigenvalue weighted by Gasteiger charge is 2.35. The second-order valence-electron chi connectivity index (χ2n) is 9.44. The van der Waals surface area contributed by atoms with Gasteiger partial charge in [0.25, 0.3) is 11.8 Å². The number of phenols is 1. The molecule has 3 aromatic rings. The van der Waals surface area contributed by atoms with Gasteiger partial charge in [-0.05, 0) is 57.8 Å². The number of amidine groups is 1. The summed E-state index contributed by atoms with van der Waals surface area (Å²) in [5.41, 5.74) is 1.26. The fraction of sp³-hybridized carbons (Fsp3) is 0.0909. The summed E-state index contributed by atoms with van der Waals surface area (Å²) in [6, 6.07) is 20.9. The van der Waals surface area contributed by atoms with Crippen LogP contribution < -0.4 is 5.32 Å². The summed E-state index contributed by atoms with van der Waals surface area (Å²) >= 11 is 3.98. The van der Waals surface area contributed by atoms with Crippen molar-refractivity contribution >= 4 is 62.3 Å². The second kappa shape index (κ2) is 15.1. The van der Waals surface area contributed by atoms with Crippen LogP contribution in [0.25, 0.3) is 6.08 Å². The van der Waals surface area contributed by atoms with Crippen LogP contribution in [0, 0.1) is 10.1 Å². The maximum Gasteiger partial charge on any atom is 0.312 e. The number of carbonyl (C=O) groups excluding carboxylic acids is 3. The minimum Gasteiger partial charge on any atom is -0.501 e. The zero-order chi connectivity index (χ0) is 32.5. The van der Waals surface area contributed by atoms with E-state index in [1.807, 2.05) is 60.7 Å². The molecule has 3 amide bonds. The Bertz CT molecular complexity index is 1730. The van der Waals surface area contributed by atoms with E-state index < -0.39 is 34.2 Å². The second-order valence-corrected chi connectivity index (χ2v) is 11.2. The summed E-state index contributed by atoms with van der Waals surface area (Å²) < 4.78 is 0.00856. The van der Waals surface area contributed by atoms with E-state index in [1.54, 1.807) is 25.2 Å². The topological polar surface area (TPSA) is 142 Å². The molecule has 0 bridgehead atoms. The van der Waals surface area contributed by atoms with Gasteiger partial charge in [-0.2, -0.15) is 4.99 Å². The highest BCUT2D eigenvalue weighted by Crippen LogP contribution is 2.36. The molecular formula is C33H27BrN4O6S. The largest absolute Gasteiger partial charge is 0.501 e. The number of halogens is 1. The molecule has 3 aromatic carbocycles. The molecule has 0 atom stereocenters. The first kappa shape index (κ1) is 32.8. The Labute approximate surface area is 271 Å². The van der Waals surface area contributed by atoms with E-state index in [1.165, 1.54) is 23.1 Å². The number of thioether (sulfide) groups is 1. The average Bonchev–Trinajstić information content (AvgIpc) is 3.04. The van der Waals surface area contributed by atoms with Crippen molar-refractivity contribution in [1.29, 1.82) is 0 Å². The first-order valence-electron chi connectivity index (χ1n) is 13.5. The summed E-state index contributed by atoms with van der Waals surface area (Å²) in [6.45, 7) is 5.35. The molecule has 1 aliphatic heterocycles. The lowest BCUT2D eigenvalue weighted by Crippen LogP contribution is -2.42. The number of amides is 3. The van der Waals surface area contributed by atoms with Gasteiger partial charge in [-0.1, -0.05) is 97.2 Å². The van der Waals surface area contributed by atoms with Crippen molar-refractivity contribution in [1.82, 2.24) is 10.2 Å². The molecule has 0 unspecified atom stereocenters. The van der Waals surface area contributed by atoms with Crippen molar-refractivity contribution in [2.75, 3.05) is 5.75 Å². The van der Waals surface area contributed by atoms with E-state index in [0.717, 1.165) is 29.0 Å². The highest BCUT2D eigenvalue weighted by atomic mass is 79.9. The molecule has 0 aromatic heterocycles. The third-order valence-electron chi connectivity index (χ3n) is 6.49. The summed E-state index contributed by atoms with van der Waals surface area (Å²) in [5.74, 6) is -2.75. The van der Waals surface area contributed by atoms with Crippen LogP contribution in [0.2, 0.25) is 0 Å². The summed E-state index contributed by atoms with van der Waals surface area (Å²) in [5, 5.41) is 24.4. The lowest BCUT2D eigenvalue weighted by molar-refractivity contribution is -0.386. The number of allylic oxidation sites excluding steroid dienone is 4. The first-order valence-corrected chi connectivity index (χ1v) is 15.3. The fourth-order valence-corrected chi connectivity index (χ4v) is 5.66. The van der Waals surface area contributed by atoms with Gasteiger partial charge in [0.05, 0.1) is 21.2 Å². The number of hydrogen-bond donors (Lipinski definition) is 2. The molecule has 0 radical (unpaired) electrons. The normalized spacial score (nSPS) is 14.6. The third kappa shape index (κ3) is 7.91. The molecule has 0 saturated heterocycles. The van der Waals surface area contributed by atoms with Crippen LogP contribution in [-0.2, 0) is 14.4 Å². The van der Waals surface area contributed by atoms with Crippen molar-refractivity contribution in [2.45, 2.75) is 13.0 Å². The molecule has 10 nitrogen and oxygen atoms in total. The SMILES string of the molecule is C=C/C=C\C(=C/C)N1C(=O)/C(=C/c2cc(Br)c(O)c([N+](=O)[O-])c2)C(=O)N=C1SCC(=O)NC(c1ccccc1)c1ccccc1. The van der Waals surface area contributed by atoms with Gasteiger partial charge in [0.15, 0.2) is 5.17 Å². The van der Waals surface area contributed by atoms with Gasteiger partial charge in [0.1, 0.15) is 5.57 Å². The van der Waals surface area contributed by atoms with Crippen molar-refractivity contribution in [2.24, 2.45) is 4.99 Å². The molecule has 1 heterocycles. The predicted molar refractivity (Wildman–Crippen MR) is 178 cm³/mol. The van der Waals surface area contributed by atoms with E-state index in [-0.39, 0.29) is 32.4 Å².